The fourth-order valence-corrected chi connectivity index (χ4v) is 3.15. The molecule has 1 aliphatic heterocycles. The molecule has 1 fully saturated rings. The van der Waals surface area contributed by atoms with Gasteiger partial charge in [0.25, 0.3) is 0 Å². The predicted molar refractivity (Wildman–Crippen MR) is 90.9 cm³/mol. The fraction of sp³-hybridized carbons (Fsp3) is 0.611. The second kappa shape index (κ2) is 8.77. The number of nitrogens with zero attached hydrogens (tertiary/aromatic N) is 1. The Morgan fingerprint density at radius 3 is 3.00 bits per heavy atom. The Morgan fingerprint density at radius 2 is 2.26 bits per heavy atom. The molecule has 5 nitrogen and oxygen atoms in total. The summed E-state index contributed by atoms with van der Waals surface area (Å²) in [6.45, 7) is 3.54. The maximum atomic E-state index is 12.4. The molecule has 23 heavy (non-hydrogen) atoms. The van der Waals surface area contributed by atoms with Crippen LogP contribution >= 0.6 is 0 Å². The topological polar surface area (TPSA) is 61.8 Å². The average molecular weight is 320 g/mol. The molecule has 1 aromatic carbocycles. The number of nitrogens with one attached hydrogen (secondary N) is 1. The predicted octanol–water partition coefficient (Wildman–Crippen LogP) is 2.49. The quantitative estimate of drug-likeness (QED) is 0.846. The number of rotatable bonds is 6. The Morgan fingerprint density at radius 1 is 1.43 bits per heavy atom. The van der Waals surface area contributed by atoms with E-state index < -0.39 is 0 Å². The van der Waals surface area contributed by atoms with Gasteiger partial charge in [-0.25, -0.2) is 4.79 Å². The lowest BCUT2D eigenvalue weighted by atomic mass is 10.0. The van der Waals surface area contributed by atoms with Gasteiger partial charge in [0, 0.05) is 25.7 Å². The van der Waals surface area contributed by atoms with E-state index in [1.807, 2.05) is 24.0 Å². The Kier molecular flexibility index (Phi) is 6.71. The van der Waals surface area contributed by atoms with Crippen LogP contribution in [-0.4, -0.2) is 48.9 Å². The van der Waals surface area contributed by atoms with Crippen molar-refractivity contribution in [3.63, 3.8) is 0 Å². The van der Waals surface area contributed by atoms with Crippen LogP contribution in [0.4, 0.5) is 4.79 Å². The van der Waals surface area contributed by atoms with E-state index in [-0.39, 0.29) is 18.7 Å². The number of aliphatic hydroxyl groups is 1. The third-order valence-corrected chi connectivity index (χ3v) is 4.51. The lowest BCUT2D eigenvalue weighted by molar-refractivity contribution is 0.132. The molecule has 1 atom stereocenters. The van der Waals surface area contributed by atoms with Crippen molar-refractivity contribution in [2.75, 3.05) is 26.8 Å². The van der Waals surface area contributed by atoms with Crippen molar-refractivity contribution in [3.8, 4) is 5.75 Å². The number of amides is 2. The zero-order valence-corrected chi connectivity index (χ0v) is 14.2. The van der Waals surface area contributed by atoms with Crippen LogP contribution in [0.2, 0.25) is 0 Å². The van der Waals surface area contributed by atoms with Crippen molar-refractivity contribution in [2.45, 2.75) is 45.1 Å². The van der Waals surface area contributed by atoms with Gasteiger partial charge in [0.1, 0.15) is 5.75 Å². The molecule has 1 heterocycles. The van der Waals surface area contributed by atoms with Crippen molar-refractivity contribution in [2.24, 2.45) is 0 Å². The molecule has 128 valence electrons. The summed E-state index contributed by atoms with van der Waals surface area (Å²) < 4.78 is 5.33. The van der Waals surface area contributed by atoms with Crippen molar-refractivity contribution < 1.29 is 14.6 Å². The number of carbonyl (C=O) groups is 1. The summed E-state index contributed by atoms with van der Waals surface area (Å²) in [4.78, 5) is 14.2. The largest absolute Gasteiger partial charge is 0.496 e. The van der Waals surface area contributed by atoms with Gasteiger partial charge in [-0.2, -0.15) is 0 Å². The molecule has 1 saturated heterocycles. The van der Waals surface area contributed by atoms with E-state index in [1.165, 1.54) is 0 Å². The van der Waals surface area contributed by atoms with Crippen molar-refractivity contribution in [1.82, 2.24) is 10.2 Å². The van der Waals surface area contributed by atoms with Crippen LogP contribution in [0.1, 0.15) is 36.8 Å². The maximum absolute atomic E-state index is 12.4. The average Bonchev–Trinajstić information content (AvgIpc) is 2.57. The van der Waals surface area contributed by atoms with Gasteiger partial charge < -0.3 is 20.1 Å². The molecule has 0 saturated carbocycles. The molecule has 2 amide bonds. The molecule has 0 bridgehead atoms. The first-order chi connectivity index (χ1) is 11.2. The minimum absolute atomic E-state index is 0.0118. The molecule has 2 rings (SSSR count). The lowest BCUT2D eigenvalue weighted by Crippen LogP contribution is -2.49. The molecular formula is C18H28N2O3. The van der Waals surface area contributed by atoms with E-state index in [0.717, 1.165) is 49.1 Å². The smallest absolute Gasteiger partial charge is 0.317 e. The van der Waals surface area contributed by atoms with Crippen LogP contribution < -0.4 is 10.1 Å². The van der Waals surface area contributed by atoms with Gasteiger partial charge in [0.15, 0.2) is 0 Å². The molecule has 0 radical (unpaired) electrons. The zero-order valence-electron chi connectivity index (χ0n) is 14.2. The molecule has 5 heteroatoms. The highest BCUT2D eigenvalue weighted by molar-refractivity contribution is 5.74. The number of hydrogen-bond donors (Lipinski definition) is 2. The van der Waals surface area contributed by atoms with Gasteiger partial charge in [-0.3, -0.25) is 0 Å². The Balaban J connectivity index is 1.84. The van der Waals surface area contributed by atoms with Gasteiger partial charge in [-0.05, 0) is 56.2 Å². The van der Waals surface area contributed by atoms with Crippen molar-refractivity contribution in [3.05, 3.63) is 29.3 Å². The Labute approximate surface area is 138 Å². The number of aliphatic hydroxyl groups excluding tert-OH is 1. The first-order valence-corrected chi connectivity index (χ1v) is 8.44. The molecular weight excluding hydrogens is 292 g/mol. The highest BCUT2D eigenvalue weighted by atomic mass is 16.5. The molecule has 1 aliphatic rings. The van der Waals surface area contributed by atoms with Crippen LogP contribution in [0.15, 0.2) is 18.2 Å². The first kappa shape index (κ1) is 17.6. The normalized spacial score (nSPS) is 17.9. The number of likely N-dealkylation sites (tertiary alicyclic amines) is 1. The third kappa shape index (κ3) is 4.86. The van der Waals surface area contributed by atoms with E-state index >= 15 is 0 Å². The second-order valence-corrected chi connectivity index (χ2v) is 6.14. The summed E-state index contributed by atoms with van der Waals surface area (Å²) in [5.41, 5.74) is 2.26. The molecule has 2 N–H and O–H groups in total. The summed E-state index contributed by atoms with van der Waals surface area (Å²) in [5.74, 6) is 0.882. The number of ether oxygens (including phenoxy) is 1. The van der Waals surface area contributed by atoms with Gasteiger partial charge in [0.05, 0.1) is 7.11 Å². The summed E-state index contributed by atoms with van der Waals surface area (Å²) >= 11 is 0. The monoisotopic (exact) mass is 320 g/mol. The number of aryl methyl sites for hydroxylation is 1. The molecule has 0 aliphatic carbocycles. The minimum atomic E-state index is -0.0118. The standard InChI is InChI=1S/C18H28N2O3/c1-14-6-7-15(13-17(14)23-2)8-10-19-18(22)20-11-4-3-5-16(20)9-12-21/h6-7,13,16,21H,3-5,8-12H2,1-2H3,(H,19,22). The first-order valence-electron chi connectivity index (χ1n) is 8.44. The number of carbonyl (C=O) groups excluding carboxylic acids is 1. The van der Waals surface area contributed by atoms with E-state index in [9.17, 15) is 4.79 Å². The van der Waals surface area contributed by atoms with Gasteiger partial charge >= 0.3 is 6.03 Å². The van der Waals surface area contributed by atoms with Gasteiger partial charge in [0.2, 0.25) is 0 Å². The summed E-state index contributed by atoms with van der Waals surface area (Å²) in [6.07, 6.45) is 4.62. The van der Waals surface area contributed by atoms with E-state index in [2.05, 4.69) is 11.4 Å². The summed E-state index contributed by atoms with van der Waals surface area (Å²) in [7, 11) is 1.67. The van der Waals surface area contributed by atoms with E-state index in [1.54, 1.807) is 7.11 Å². The summed E-state index contributed by atoms with van der Waals surface area (Å²) in [6, 6.07) is 6.30. The molecule has 1 aromatic rings. The minimum Gasteiger partial charge on any atom is -0.496 e. The highest BCUT2D eigenvalue weighted by Gasteiger charge is 2.25. The van der Waals surface area contributed by atoms with Crippen LogP contribution in [0.3, 0.4) is 0 Å². The number of piperidine rings is 1. The molecule has 0 aromatic heterocycles. The van der Waals surface area contributed by atoms with Crippen LogP contribution in [-0.2, 0) is 6.42 Å². The van der Waals surface area contributed by atoms with Crippen molar-refractivity contribution in [1.29, 1.82) is 0 Å². The number of benzene rings is 1. The molecule has 1 unspecified atom stereocenters. The SMILES string of the molecule is COc1cc(CCNC(=O)N2CCCCC2CCO)ccc1C. The van der Waals surface area contributed by atoms with E-state index in [4.69, 9.17) is 9.84 Å². The fourth-order valence-electron chi connectivity index (χ4n) is 3.15. The zero-order chi connectivity index (χ0) is 16.7. The van der Waals surface area contributed by atoms with Crippen LogP contribution in [0, 0.1) is 6.92 Å². The number of urea groups is 1. The third-order valence-electron chi connectivity index (χ3n) is 4.51. The van der Waals surface area contributed by atoms with Gasteiger partial charge in [-0.15, -0.1) is 0 Å². The Hall–Kier alpha value is -1.75. The van der Waals surface area contributed by atoms with Crippen molar-refractivity contribution >= 4 is 6.03 Å². The summed E-state index contributed by atoms with van der Waals surface area (Å²) in [5, 5.41) is 12.2. The molecule has 0 spiro atoms. The number of methoxy groups -OCH3 is 1. The highest BCUT2D eigenvalue weighted by Crippen LogP contribution is 2.20. The van der Waals surface area contributed by atoms with Crippen LogP contribution in [0.5, 0.6) is 5.75 Å². The van der Waals surface area contributed by atoms with Gasteiger partial charge in [-0.1, -0.05) is 12.1 Å². The van der Waals surface area contributed by atoms with E-state index in [0.29, 0.717) is 13.0 Å². The lowest BCUT2D eigenvalue weighted by Gasteiger charge is -2.35. The Bertz CT molecular complexity index is 517. The number of hydrogen-bond acceptors (Lipinski definition) is 3. The maximum Gasteiger partial charge on any atom is 0.317 e. The second-order valence-electron chi connectivity index (χ2n) is 6.14. The van der Waals surface area contributed by atoms with Crippen LogP contribution in [0.25, 0.3) is 0 Å².